The van der Waals surface area contributed by atoms with Gasteiger partial charge in [-0.05, 0) is 43.2 Å². The summed E-state index contributed by atoms with van der Waals surface area (Å²) in [7, 11) is -0.742. The number of para-hydroxylation sites is 1. The third kappa shape index (κ3) is 5.82. The van der Waals surface area contributed by atoms with E-state index in [1.165, 1.54) is 25.1 Å². The Bertz CT molecular complexity index is 1500. The first-order valence-corrected chi connectivity index (χ1v) is 13.9. The van der Waals surface area contributed by atoms with Gasteiger partial charge in [0.15, 0.2) is 0 Å². The fourth-order valence-electron chi connectivity index (χ4n) is 3.66. The van der Waals surface area contributed by atoms with Crippen molar-refractivity contribution in [2.75, 3.05) is 20.6 Å². The average Bonchev–Trinajstić information content (AvgIpc) is 3.40. The molecule has 0 saturated carbocycles. The van der Waals surface area contributed by atoms with Crippen LogP contribution in [0.1, 0.15) is 18.4 Å². The lowest BCUT2D eigenvalue weighted by Gasteiger charge is -2.14. The van der Waals surface area contributed by atoms with Gasteiger partial charge in [0, 0.05) is 43.9 Å². The Labute approximate surface area is 224 Å². The Morgan fingerprint density at radius 1 is 1.16 bits per heavy atom. The molecule has 0 bridgehead atoms. The molecule has 1 aliphatic rings. The first-order valence-electron chi connectivity index (χ1n) is 11.2. The highest BCUT2D eigenvalue weighted by Gasteiger charge is 2.32. The predicted molar refractivity (Wildman–Crippen MR) is 144 cm³/mol. The van der Waals surface area contributed by atoms with Gasteiger partial charge in [0.2, 0.25) is 10.0 Å². The maximum atomic E-state index is 13.1. The summed E-state index contributed by atoms with van der Waals surface area (Å²) >= 11 is 6.47. The van der Waals surface area contributed by atoms with E-state index in [-0.39, 0.29) is 30.2 Å². The van der Waals surface area contributed by atoms with Crippen LogP contribution < -0.4 is 5.11 Å². The minimum atomic E-state index is -3.67. The van der Waals surface area contributed by atoms with E-state index in [1.54, 1.807) is 35.2 Å². The van der Waals surface area contributed by atoms with Gasteiger partial charge in [-0.15, -0.1) is 0 Å². The number of nitrogens with zero attached hydrogens (tertiary/aromatic N) is 4. The van der Waals surface area contributed by atoms with Crippen molar-refractivity contribution in [2.24, 2.45) is 0 Å². The highest BCUT2D eigenvalue weighted by atomic mass is 32.2. The number of carboxylic acids is 1. The zero-order chi connectivity index (χ0) is 26.7. The second-order valence-electron chi connectivity index (χ2n) is 8.34. The van der Waals surface area contributed by atoms with Gasteiger partial charge < -0.3 is 9.90 Å². The van der Waals surface area contributed by atoms with Crippen LogP contribution in [0.25, 0.3) is 23.0 Å². The highest BCUT2D eigenvalue weighted by molar-refractivity contribution is 8.26. The van der Waals surface area contributed by atoms with Crippen LogP contribution in [-0.2, 0) is 19.6 Å². The fourth-order valence-corrected chi connectivity index (χ4v) is 5.91. The van der Waals surface area contributed by atoms with E-state index < -0.39 is 16.0 Å². The highest BCUT2D eigenvalue weighted by Crippen LogP contribution is 2.35. The number of benzene rings is 2. The van der Waals surface area contributed by atoms with Crippen molar-refractivity contribution >= 4 is 56.3 Å². The van der Waals surface area contributed by atoms with Crippen molar-refractivity contribution in [1.82, 2.24) is 19.0 Å². The van der Waals surface area contributed by atoms with E-state index in [9.17, 15) is 23.1 Å². The Kier molecular flexibility index (Phi) is 7.93. The van der Waals surface area contributed by atoms with E-state index in [1.807, 2.05) is 30.3 Å². The second-order valence-corrected chi connectivity index (χ2v) is 12.2. The number of aliphatic carboxylic acids is 1. The van der Waals surface area contributed by atoms with Crippen LogP contribution in [0.5, 0.6) is 0 Å². The number of amides is 1. The molecule has 0 atom stereocenters. The number of thioether (sulfide) groups is 1. The van der Waals surface area contributed by atoms with Crippen molar-refractivity contribution in [3.8, 4) is 16.9 Å². The lowest BCUT2D eigenvalue weighted by Crippen LogP contribution is -2.30. The number of hydrogen-bond acceptors (Lipinski definition) is 8. The maximum Gasteiger partial charge on any atom is 0.266 e. The first-order chi connectivity index (χ1) is 17.6. The van der Waals surface area contributed by atoms with Crippen molar-refractivity contribution in [3.63, 3.8) is 0 Å². The molecule has 0 radical (unpaired) electrons. The summed E-state index contributed by atoms with van der Waals surface area (Å²) < 4.78 is 28.6. The van der Waals surface area contributed by atoms with Crippen LogP contribution in [0.3, 0.4) is 0 Å². The number of hydrogen-bond donors (Lipinski definition) is 0. The van der Waals surface area contributed by atoms with Gasteiger partial charge in [-0.3, -0.25) is 9.69 Å². The van der Waals surface area contributed by atoms with Gasteiger partial charge in [-0.1, -0.05) is 54.3 Å². The Morgan fingerprint density at radius 2 is 1.89 bits per heavy atom. The van der Waals surface area contributed by atoms with Gasteiger partial charge in [-0.25, -0.2) is 17.4 Å². The minimum Gasteiger partial charge on any atom is -0.550 e. The third-order valence-electron chi connectivity index (χ3n) is 5.57. The predicted octanol–water partition coefficient (Wildman–Crippen LogP) is 2.52. The number of aromatic nitrogens is 2. The summed E-state index contributed by atoms with van der Waals surface area (Å²) in [6, 6.07) is 15.9. The molecule has 192 valence electrons. The number of sulfonamides is 1. The molecule has 0 spiro atoms. The summed E-state index contributed by atoms with van der Waals surface area (Å²) in [5, 5.41) is 15.5. The Morgan fingerprint density at radius 3 is 2.57 bits per heavy atom. The standard InChI is InChI=1S/C25H24N4O5S3/c1-27(2)37(33,34)20-11-6-8-17(14-20)23-18(16-29(26-23)19-9-4-3-5-10-19)15-21-24(32)28(25(35)36-21)13-7-12-22(30)31/h3-6,8-11,14-16H,7,12-13H2,1-2H3,(H,30,31)/p-1/b21-15+. The second kappa shape index (κ2) is 11.0. The molecule has 1 aromatic heterocycles. The number of thiocarbonyl (C=S) groups is 1. The van der Waals surface area contributed by atoms with Gasteiger partial charge in [-0.2, -0.15) is 5.10 Å². The molecule has 0 aliphatic carbocycles. The van der Waals surface area contributed by atoms with Crippen LogP contribution in [-0.4, -0.2) is 64.2 Å². The smallest absolute Gasteiger partial charge is 0.266 e. The number of carboxylic acid groups (broad SMARTS) is 1. The van der Waals surface area contributed by atoms with Crippen LogP contribution in [0.15, 0.2) is 70.6 Å². The molecule has 0 N–H and O–H groups in total. The molecular weight excluding hydrogens is 532 g/mol. The zero-order valence-corrected chi connectivity index (χ0v) is 22.5. The van der Waals surface area contributed by atoms with Crippen LogP contribution >= 0.6 is 24.0 Å². The fraction of sp³-hybridized carbons (Fsp3) is 0.200. The van der Waals surface area contributed by atoms with Crippen molar-refractivity contribution in [2.45, 2.75) is 17.7 Å². The van der Waals surface area contributed by atoms with Crippen molar-refractivity contribution in [3.05, 3.63) is 71.3 Å². The molecule has 3 aromatic rings. The molecule has 4 rings (SSSR count). The summed E-state index contributed by atoms with van der Waals surface area (Å²) in [5.74, 6) is -1.51. The molecule has 9 nitrogen and oxygen atoms in total. The number of carbonyl (C=O) groups is 2. The van der Waals surface area contributed by atoms with E-state index >= 15 is 0 Å². The van der Waals surface area contributed by atoms with E-state index in [4.69, 9.17) is 17.3 Å². The van der Waals surface area contributed by atoms with Crippen LogP contribution in [0, 0.1) is 0 Å². The number of carbonyl (C=O) groups excluding carboxylic acids is 2. The lowest BCUT2D eigenvalue weighted by molar-refractivity contribution is -0.305. The van der Waals surface area contributed by atoms with Gasteiger partial charge in [0.1, 0.15) is 10.0 Å². The average molecular weight is 556 g/mol. The molecule has 12 heteroatoms. The van der Waals surface area contributed by atoms with Crippen LogP contribution in [0.2, 0.25) is 0 Å². The lowest BCUT2D eigenvalue weighted by atomic mass is 10.1. The molecule has 37 heavy (non-hydrogen) atoms. The first kappa shape index (κ1) is 26.7. The van der Waals surface area contributed by atoms with Crippen molar-refractivity contribution < 1.29 is 23.1 Å². The molecule has 0 unspecified atom stereocenters. The van der Waals surface area contributed by atoms with Gasteiger partial charge in [0.25, 0.3) is 5.91 Å². The molecule has 2 aromatic carbocycles. The summed E-state index contributed by atoms with van der Waals surface area (Å²) in [5.41, 5.74) is 2.43. The Hall–Kier alpha value is -3.32. The maximum absolute atomic E-state index is 13.1. The molecule has 1 amide bonds. The van der Waals surface area contributed by atoms with E-state index in [0.717, 1.165) is 21.8 Å². The third-order valence-corrected chi connectivity index (χ3v) is 8.76. The molecule has 1 fully saturated rings. The molecule has 1 saturated heterocycles. The summed E-state index contributed by atoms with van der Waals surface area (Å²) in [6.07, 6.45) is 3.50. The largest absolute Gasteiger partial charge is 0.550 e. The van der Waals surface area contributed by atoms with Crippen molar-refractivity contribution in [1.29, 1.82) is 0 Å². The monoisotopic (exact) mass is 555 g/mol. The van der Waals surface area contributed by atoms with Gasteiger partial charge >= 0.3 is 0 Å². The van der Waals surface area contributed by atoms with E-state index in [2.05, 4.69) is 0 Å². The molecule has 2 heterocycles. The summed E-state index contributed by atoms with van der Waals surface area (Å²) in [6.45, 7) is 0.177. The Balaban J connectivity index is 1.76. The quantitative estimate of drug-likeness (QED) is 0.292. The molecule has 1 aliphatic heterocycles. The SMILES string of the molecule is CN(C)S(=O)(=O)c1cccc(-c2nn(-c3ccccc3)cc2/C=C2/SC(=S)N(CCCC(=O)[O-])C2=O)c1. The summed E-state index contributed by atoms with van der Waals surface area (Å²) in [4.78, 5) is 25.7. The molecular formula is C25H23N4O5S3-. The topological polar surface area (TPSA) is 116 Å². The minimum absolute atomic E-state index is 0.120. The van der Waals surface area contributed by atoms with Crippen LogP contribution in [0.4, 0.5) is 0 Å². The van der Waals surface area contributed by atoms with E-state index in [0.29, 0.717) is 26.0 Å². The van der Waals surface area contributed by atoms with Gasteiger partial charge in [0.05, 0.1) is 15.5 Å². The zero-order valence-electron chi connectivity index (χ0n) is 20.0. The normalized spacial score (nSPS) is 15.2. The number of rotatable bonds is 9.